The number of phosphoric ester groups is 1. The van der Waals surface area contributed by atoms with Crippen molar-refractivity contribution in [3.63, 3.8) is 0 Å². The van der Waals surface area contributed by atoms with Gasteiger partial charge in [0.25, 0.3) is 0 Å². The van der Waals surface area contributed by atoms with Crippen molar-refractivity contribution in [1.82, 2.24) is 24.4 Å². The summed E-state index contributed by atoms with van der Waals surface area (Å²) in [7, 11) is -16.2. The number of nitrogen functional groups attached to an aromatic ring is 1. The normalized spacial score (nSPS) is 27.0. The Balaban J connectivity index is 1.78. The minimum atomic E-state index is -5.48. The quantitative estimate of drug-likeness (QED) is 0.156. The van der Waals surface area contributed by atoms with Crippen molar-refractivity contribution < 1.29 is 57.1 Å². The Morgan fingerprint density at radius 3 is 2.48 bits per heavy atom. The predicted octanol–water partition coefficient (Wildman–Crippen LogP) is -1.58. The van der Waals surface area contributed by atoms with Gasteiger partial charge in [0.05, 0.1) is 0 Å². The molecule has 18 nitrogen and oxygen atoms in total. The first-order valence-electron chi connectivity index (χ1n) is 7.75. The standard InChI is InChI=1S/C10H15N6O12P3/c11-8-5-9(13-2-12-8)16(3-14-5)10-7(18)6(17)4(27-10)1-26-31(24,25)28-30(22,23)15-29(19,20)21/h1-3,6-7,10,17-18H,(H,24,25)(H2,11,12,13)(H4,15,19,20,21,22,23)/b4-1+/t6-,7-,10?/m1/s1. The lowest BCUT2D eigenvalue weighted by Crippen LogP contribution is -2.27. The molecule has 1 fully saturated rings. The molecular weight excluding hydrogens is 489 g/mol. The Morgan fingerprint density at radius 2 is 1.84 bits per heavy atom. The topological polar surface area (TPSA) is 282 Å². The SMILES string of the molecule is Nc1ncnc2c1ncn2C1O/C(=C/OP(=O)(O)OP(=O)(O)NP(=O)(O)O)[C@@H](O)[C@H]1O. The molecule has 1 aliphatic heterocycles. The number of aliphatic hydroxyl groups is 2. The van der Waals surface area contributed by atoms with Crippen LogP contribution < -0.4 is 10.6 Å². The van der Waals surface area contributed by atoms with Crippen LogP contribution in [0.25, 0.3) is 11.2 Å². The fraction of sp³-hybridized carbons (Fsp3) is 0.300. The van der Waals surface area contributed by atoms with Crippen molar-refractivity contribution in [3.8, 4) is 0 Å². The third kappa shape index (κ3) is 5.46. The van der Waals surface area contributed by atoms with Crippen molar-refractivity contribution in [3.05, 3.63) is 24.7 Å². The van der Waals surface area contributed by atoms with E-state index < -0.39 is 47.5 Å². The summed E-state index contributed by atoms with van der Waals surface area (Å²) in [5.41, 5.74) is 5.96. The number of rotatable bonds is 7. The number of ether oxygens (including phenoxy) is 1. The molecule has 3 rings (SSSR count). The van der Waals surface area contributed by atoms with E-state index in [2.05, 4.69) is 23.8 Å². The smallest absolute Gasteiger partial charge is 0.465 e. The van der Waals surface area contributed by atoms with Crippen LogP contribution in [-0.4, -0.2) is 61.5 Å². The molecule has 2 aromatic heterocycles. The molecule has 2 aromatic rings. The van der Waals surface area contributed by atoms with Crippen LogP contribution in [0.1, 0.15) is 6.23 Å². The van der Waals surface area contributed by atoms with Crippen LogP contribution in [0.3, 0.4) is 0 Å². The number of aliphatic hydroxyl groups excluding tert-OH is 2. The minimum Gasteiger partial charge on any atom is -0.465 e. The van der Waals surface area contributed by atoms with E-state index in [1.807, 2.05) is 0 Å². The van der Waals surface area contributed by atoms with Crippen LogP contribution in [0.4, 0.5) is 5.82 Å². The fourth-order valence-electron chi connectivity index (χ4n) is 2.44. The van der Waals surface area contributed by atoms with Crippen molar-refractivity contribution in [1.29, 1.82) is 0 Å². The van der Waals surface area contributed by atoms with Crippen LogP contribution >= 0.6 is 23.3 Å². The monoisotopic (exact) mass is 504 g/mol. The Labute approximate surface area is 171 Å². The minimum absolute atomic E-state index is 0.0339. The van der Waals surface area contributed by atoms with Gasteiger partial charge in [0.2, 0.25) is 6.23 Å². The molecule has 0 amide bonds. The number of fused-ring (bicyclic) bond motifs is 1. The van der Waals surface area contributed by atoms with E-state index >= 15 is 0 Å². The van der Waals surface area contributed by atoms with Gasteiger partial charge in [0.15, 0.2) is 17.2 Å². The molecule has 0 saturated carbocycles. The molecule has 21 heteroatoms. The highest BCUT2D eigenvalue weighted by Crippen LogP contribution is 2.61. The van der Waals surface area contributed by atoms with Gasteiger partial charge >= 0.3 is 23.3 Å². The van der Waals surface area contributed by atoms with Crippen LogP contribution in [0.5, 0.6) is 0 Å². The van der Waals surface area contributed by atoms with Crippen molar-refractivity contribution >= 4 is 40.3 Å². The number of imidazole rings is 1. The molecule has 0 radical (unpaired) electrons. The Bertz CT molecular complexity index is 1160. The van der Waals surface area contributed by atoms with E-state index in [4.69, 9.17) is 20.3 Å². The van der Waals surface area contributed by atoms with Gasteiger partial charge in [-0.3, -0.25) is 9.46 Å². The highest BCUT2D eigenvalue weighted by atomic mass is 31.3. The lowest BCUT2D eigenvalue weighted by atomic mass is 10.2. The van der Waals surface area contributed by atoms with Gasteiger partial charge in [-0.2, -0.15) is 4.31 Å². The summed E-state index contributed by atoms with van der Waals surface area (Å²) in [5, 5.41) is 20.3. The summed E-state index contributed by atoms with van der Waals surface area (Å²) in [4.78, 5) is 48.3. The summed E-state index contributed by atoms with van der Waals surface area (Å²) in [6.07, 6.45) is -2.18. The van der Waals surface area contributed by atoms with E-state index in [0.717, 1.165) is 11.2 Å². The average Bonchev–Trinajstić information content (AvgIpc) is 3.13. The summed E-state index contributed by atoms with van der Waals surface area (Å²) >= 11 is 0. The van der Waals surface area contributed by atoms with Gasteiger partial charge in [-0.15, -0.1) is 4.86 Å². The summed E-state index contributed by atoms with van der Waals surface area (Å²) in [6.45, 7) is 0. The van der Waals surface area contributed by atoms with Crippen LogP contribution in [0, 0.1) is 0 Å². The summed E-state index contributed by atoms with van der Waals surface area (Å²) in [5.74, 6) is -0.568. The molecule has 3 unspecified atom stereocenters. The summed E-state index contributed by atoms with van der Waals surface area (Å²) < 4.78 is 48.5. The second kappa shape index (κ2) is 8.20. The molecule has 1 aliphatic rings. The Kier molecular flexibility index (Phi) is 6.27. The van der Waals surface area contributed by atoms with Crippen molar-refractivity contribution in [2.45, 2.75) is 18.4 Å². The molecule has 3 heterocycles. The van der Waals surface area contributed by atoms with E-state index in [1.54, 1.807) is 0 Å². The van der Waals surface area contributed by atoms with E-state index in [1.165, 1.54) is 10.9 Å². The zero-order valence-electron chi connectivity index (χ0n) is 14.8. The molecule has 5 atom stereocenters. The zero-order valence-corrected chi connectivity index (χ0v) is 17.5. The number of hydrogen-bond donors (Lipinski definition) is 8. The van der Waals surface area contributed by atoms with Gasteiger partial charge in [-0.1, -0.05) is 0 Å². The molecule has 0 aliphatic carbocycles. The maximum atomic E-state index is 11.8. The molecule has 1 saturated heterocycles. The highest BCUT2D eigenvalue weighted by molar-refractivity contribution is 7.70. The third-order valence-corrected chi connectivity index (χ3v) is 7.73. The highest BCUT2D eigenvalue weighted by Gasteiger charge is 2.44. The second-order valence-corrected chi connectivity index (χ2v) is 10.6. The van der Waals surface area contributed by atoms with Gasteiger partial charge in [0.1, 0.15) is 36.6 Å². The number of anilines is 1. The van der Waals surface area contributed by atoms with E-state index in [9.17, 15) is 33.7 Å². The molecular formula is C10H15N6O12P3. The lowest BCUT2D eigenvalue weighted by Gasteiger charge is -2.17. The van der Waals surface area contributed by atoms with Gasteiger partial charge in [-0.05, 0) is 0 Å². The number of nitrogens with zero attached hydrogens (tertiary/aromatic N) is 4. The number of hydrogen-bond acceptors (Lipinski definition) is 12. The number of nitrogens with two attached hydrogens (primary N) is 1. The average molecular weight is 504 g/mol. The number of nitrogens with one attached hydrogen (secondary N) is 1. The maximum Gasteiger partial charge on any atom is 0.535 e. The van der Waals surface area contributed by atoms with Gasteiger partial charge in [-0.25, -0.2) is 28.6 Å². The van der Waals surface area contributed by atoms with E-state index in [0.29, 0.717) is 6.26 Å². The van der Waals surface area contributed by atoms with Crippen molar-refractivity contribution in [2.75, 3.05) is 5.73 Å². The zero-order chi connectivity index (χ0) is 23.2. The molecule has 172 valence electrons. The Hall–Kier alpha value is -1.94. The summed E-state index contributed by atoms with van der Waals surface area (Å²) in [6, 6.07) is 0. The fourth-order valence-corrected chi connectivity index (χ4v) is 5.74. The van der Waals surface area contributed by atoms with Crippen molar-refractivity contribution in [2.24, 2.45) is 0 Å². The Morgan fingerprint density at radius 1 is 1.16 bits per heavy atom. The predicted molar refractivity (Wildman–Crippen MR) is 97.0 cm³/mol. The van der Waals surface area contributed by atoms with Crippen LogP contribution in [0.15, 0.2) is 24.7 Å². The largest absolute Gasteiger partial charge is 0.535 e. The van der Waals surface area contributed by atoms with Crippen LogP contribution in [0.2, 0.25) is 0 Å². The van der Waals surface area contributed by atoms with E-state index in [-0.39, 0.29) is 17.0 Å². The van der Waals surface area contributed by atoms with Crippen LogP contribution in [-0.2, 0) is 27.3 Å². The lowest BCUT2D eigenvalue weighted by molar-refractivity contribution is -0.0121. The molecule has 9 N–H and O–H groups in total. The molecule has 0 spiro atoms. The van der Waals surface area contributed by atoms with Gasteiger partial charge in [0, 0.05) is 0 Å². The second-order valence-electron chi connectivity index (χ2n) is 5.87. The van der Waals surface area contributed by atoms with Gasteiger partial charge < -0.3 is 39.9 Å². The molecule has 0 aromatic carbocycles. The first-order chi connectivity index (χ1) is 14.2. The first kappa shape index (κ1) is 23.7. The maximum absolute atomic E-state index is 11.8. The number of phosphoric acid groups is 1. The first-order valence-corrected chi connectivity index (χ1v) is 12.4. The number of aromatic nitrogens is 4. The molecule has 0 bridgehead atoms. The third-order valence-electron chi connectivity index (χ3n) is 3.60. The molecule has 31 heavy (non-hydrogen) atoms.